The number of aromatic hydroxyl groups is 1. The van der Waals surface area contributed by atoms with E-state index in [1.807, 2.05) is 0 Å². The molecule has 0 saturated carbocycles. The van der Waals surface area contributed by atoms with Crippen LogP contribution in [0.25, 0.3) is 0 Å². The SMILES string of the molecule is Cl.Nc1cc(O)c(C(=O)O)c(F)c1. The van der Waals surface area contributed by atoms with Gasteiger partial charge >= 0.3 is 5.97 Å². The lowest BCUT2D eigenvalue weighted by Crippen LogP contribution is -2.02. The van der Waals surface area contributed by atoms with Gasteiger partial charge in [0.2, 0.25) is 0 Å². The summed E-state index contributed by atoms with van der Waals surface area (Å²) in [5, 5.41) is 17.3. The molecule has 0 atom stereocenters. The van der Waals surface area contributed by atoms with E-state index in [2.05, 4.69) is 0 Å². The first-order valence-corrected chi connectivity index (χ1v) is 3.03. The molecule has 0 fully saturated rings. The van der Waals surface area contributed by atoms with Crippen LogP contribution >= 0.6 is 12.4 Å². The average molecular weight is 208 g/mol. The average Bonchev–Trinajstić information content (AvgIpc) is 1.82. The summed E-state index contributed by atoms with van der Waals surface area (Å²) in [4.78, 5) is 10.3. The molecule has 72 valence electrons. The van der Waals surface area contributed by atoms with Crippen LogP contribution in [0.5, 0.6) is 5.75 Å². The van der Waals surface area contributed by atoms with Gasteiger partial charge in [-0.2, -0.15) is 0 Å². The second-order valence-corrected chi connectivity index (χ2v) is 2.20. The van der Waals surface area contributed by atoms with E-state index in [0.29, 0.717) is 0 Å². The summed E-state index contributed by atoms with van der Waals surface area (Å²) in [5.74, 6) is -3.23. The molecule has 0 amide bonds. The first kappa shape index (κ1) is 11.5. The van der Waals surface area contributed by atoms with Gasteiger partial charge in [0, 0.05) is 11.8 Å². The van der Waals surface area contributed by atoms with Crippen molar-refractivity contribution in [2.24, 2.45) is 0 Å². The van der Waals surface area contributed by atoms with E-state index in [1.54, 1.807) is 0 Å². The topological polar surface area (TPSA) is 83.5 Å². The summed E-state index contributed by atoms with van der Waals surface area (Å²) in [6.07, 6.45) is 0. The Bertz CT molecular complexity index is 320. The summed E-state index contributed by atoms with van der Waals surface area (Å²) in [5.41, 5.74) is 4.36. The minimum atomic E-state index is -1.52. The van der Waals surface area contributed by atoms with Crippen molar-refractivity contribution in [3.63, 3.8) is 0 Å². The predicted molar refractivity (Wildman–Crippen MR) is 46.7 cm³/mol. The van der Waals surface area contributed by atoms with Gasteiger partial charge in [0.25, 0.3) is 0 Å². The van der Waals surface area contributed by atoms with Gasteiger partial charge in [-0.25, -0.2) is 9.18 Å². The van der Waals surface area contributed by atoms with Gasteiger partial charge in [-0.3, -0.25) is 0 Å². The molecule has 0 aliphatic carbocycles. The molecule has 0 spiro atoms. The number of phenols is 1. The monoisotopic (exact) mass is 207 g/mol. The van der Waals surface area contributed by atoms with Crippen molar-refractivity contribution in [2.45, 2.75) is 0 Å². The minimum absolute atomic E-state index is 0. The van der Waals surface area contributed by atoms with Crippen LogP contribution in [-0.2, 0) is 0 Å². The fourth-order valence-corrected chi connectivity index (χ4v) is 0.824. The molecule has 13 heavy (non-hydrogen) atoms. The van der Waals surface area contributed by atoms with Crippen LogP contribution in [0.1, 0.15) is 10.4 Å². The molecule has 0 radical (unpaired) electrons. The number of carboxylic acids is 1. The zero-order valence-electron chi connectivity index (χ0n) is 6.32. The van der Waals surface area contributed by atoms with Crippen molar-refractivity contribution in [1.29, 1.82) is 0 Å². The Hall–Kier alpha value is -1.49. The standard InChI is InChI=1S/C7H6FNO3.ClH/c8-4-1-3(9)2-5(10)6(4)7(11)12;/h1-2,10H,9H2,(H,11,12);1H. The Morgan fingerprint density at radius 2 is 2.00 bits per heavy atom. The largest absolute Gasteiger partial charge is 0.507 e. The number of hydrogen-bond donors (Lipinski definition) is 3. The highest BCUT2D eigenvalue weighted by atomic mass is 35.5. The molecule has 0 unspecified atom stereocenters. The lowest BCUT2D eigenvalue weighted by atomic mass is 10.1. The molecule has 4 nitrogen and oxygen atoms in total. The maximum atomic E-state index is 12.7. The molecule has 0 aliphatic rings. The van der Waals surface area contributed by atoms with Crippen LogP contribution in [0.2, 0.25) is 0 Å². The van der Waals surface area contributed by atoms with Crippen molar-refractivity contribution >= 4 is 24.1 Å². The zero-order chi connectivity index (χ0) is 9.30. The summed E-state index contributed by atoms with van der Waals surface area (Å²) in [6, 6.07) is 1.82. The Morgan fingerprint density at radius 1 is 1.46 bits per heavy atom. The molecule has 0 aromatic heterocycles. The second kappa shape index (κ2) is 3.95. The molecule has 0 saturated heterocycles. The van der Waals surface area contributed by atoms with Crippen molar-refractivity contribution < 1.29 is 19.4 Å². The molecule has 1 rings (SSSR count). The molecular formula is C7H7ClFNO3. The van der Waals surface area contributed by atoms with Crippen LogP contribution in [-0.4, -0.2) is 16.2 Å². The fourth-order valence-electron chi connectivity index (χ4n) is 0.824. The van der Waals surface area contributed by atoms with Crippen molar-refractivity contribution in [3.05, 3.63) is 23.5 Å². The van der Waals surface area contributed by atoms with Gasteiger partial charge in [0.05, 0.1) is 0 Å². The highest BCUT2D eigenvalue weighted by Gasteiger charge is 2.15. The number of aromatic carboxylic acids is 1. The number of anilines is 1. The van der Waals surface area contributed by atoms with Gasteiger partial charge in [-0.15, -0.1) is 12.4 Å². The summed E-state index contributed by atoms with van der Waals surface area (Å²) in [6.45, 7) is 0. The fraction of sp³-hybridized carbons (Fsp3) is 0. The molecule has 1 aromatic rings. The zero-order valence-corrected chi connectivity index (χ0v) is 7.14. The van der Waals surface area contributed by atoms with Crippen molar-refractivity contribution in [1.82, 2.24) is 0 Å². The lowest BCUT2D eigenvalue weighted by molar-refractivity contribution is 0.0688. The van der Waals surface area contributed by atoms with E-state index in [1.165, 1.54) is 0 Å². The maximum absolute atomic E-state index is 12.7. The number of carbonyl (C=O) groups is 1. The molecular weight excluding hydrogens is 201 g/mol. The summed E-state index contributed by atoms with van der Waals surface area (Å²) >= 11 is 0. The van der Waals surface area contributed by atoms with E-state index in [4.69, 9.17) is 15.9 Å². The third-order valence-electron chi connectivity index (χ3n) is 1.31. The van der Waals surface area contributed by atoms with Gasteiger partial charge in [0.15, 0.2) is 0 Å². The summed E-state index contributed by atoms with van der Waals surface area (Å²) < 4.78 is 12.7. The Balaban J connectivity index is 0.00000144. The Labute approximate surface area is 79.2 Å². The quantitative estimate of drug-likeness (QED) is 0.605. The number of nitrogens with two attached hydrogens (primary N) is 1. The number of benzene rings is 1. The highest BCUT2D eigenvalue weighted by Crippen LogP contribution is 2.23. The van der Waals surface area contributed by atoms with Crippen LogP contribution in [0, 0.1) is 5.82 Å². The Kier molecular flexibility index (Phi) is 3.50. The van der Waals surface area contributed by atoms with Crippen LogP contribution < -0.4 is 5.73 Å². The van der Waals surface area contributed by atoms with E-state index in [9.17, 15) is 9.18 Å². The molecule has 0 aliphatic heterocycles. The number of nitrogen functional groups attached to an aromatic ring is 1. The lowest BCUT2D eigenvalue weighted by Gasteiger charge is -2.01. The van der Waals surface area contributed by atoms with Crippen molar-refractivity contribution in [3.8, 4) is 5.75 Å². The number of carboxylic acid groups (broad SMARTS) is 1. The number of rotatable bonds is 1. The Morgan fingerprint density at radius 3 is 2.38 bits per heavy atom. The van der Waals surface area contributed by atoms with Gasteiger partial charge < -0.3 is 15.9 Å². The molecule has 0 heterocycles. The van der Waals surface area contributed by atoms with Crippen LogP contribution in [0.3, 0.4) is 0 Å². The van der Waals surface area contributed by atoms with E-state index in [-0.39, 0.29) is 18.1 Å². The highest BCUT2D eigenvalue weighted by molar-refractivity contribution is 5.91. The molecule has 6 heteroatoms. The molecule has 4 N–H and O–H groups in total. The van der Waals surface area contributed by atoms with E-state index < -0.39 is 23.1 Å². The van der Waals surface area contributed by atoms with Gasteiger partial charge in [-0.05, 0) is 6.07 Å². The molecule has 1 aromatic carbocycles. The minimum Gasteiger partial charge on any atom is -0.507 e. The molecule has 0 bridgehead atoms. The van der Waals surface area contributed by atoms with Crippen LogP contribution in [0.15, 0.2) is 12.1 Å². The normalized spacial score (nSPS) is 9.00. The van der Waals surface area contributed by atoms with E-state index >= 15 is 0 Å². The first-order chi connectivity index (χ1) is 5.52. The van der Waals surface area contributed by atoms with Gasteiger partial charge in [-0.1, -0.05) is 0 Å². The van der Waals surface area contributed by atoms with Gasteiger partial charge in [0.1, 0.15) is 17.1 Å². The number of halogens is 2. The maximum Gasteiger partial charge on any atom is 0.342 e. The van der Waals surface area contributed by atoms with Crippen LogP contribution in [0.4, 0.5) is 10.1 Å². The van der Waals surface area contributed by atoms with E-state index in [0.717, 1.165) is 12.1 Å². The second-order valence-electron chi connectivity index (χ2n) is 2.20. The van der Waals surface area contributed by atoms with Crippen molar-refractivity contribution in [2.75, 3.05) is 5.73 Å². The first-order valence-electron chi connectivity index (χ1n) is 3.03. The smallest absolute Gasteiger partial charge is 0.342 e. The third kappa shape index (κ3) is 2.22. The third-order valence-corrected chi connectivity index (χ3v) is 1.31. The predicted octanol–water partition coefficient (Wildman–Crippen LogP) is 1.23. The number of hydrogen-bond acceptors (Lipinski definition) is 3. The summed E-state index contributed by atoms with van der Waals surface area (Å²) in [7, 11) is 0.